The van der Waals surface area contributed by atoms with Crippen LogP contribution in [0.4, 0.5) is 0 Å². The zero-order chi connectivity index (χ0) is 13.4. The van der Waals surface area contributed by atoms with Crippen LogP contribution in [-0.4, -0.2) is 13.2 Å². The Bertz CT molecular complexity index is 345. The number of hydrogen-bond acceptors (Lipinski definition) is 2. The summed E-state index contributed by atoms with van der Waals surface area (Å²) in [7, 11) is 0. The molecule has 0 saturated heterocycles. The largest absolute Gasteiger partial charge is 0.494 e. The van der Waals surface area contributed by atoms with E-state index in [0.717, 1.165) is 44.0 Å². The molecule has 1 aromatic rings. The molecule has 0 N–H and O–H groups in total. The maximum atomic E-state index is 5.79. The Kier molecular flexibility index (Phi) is 6.63. The van der Waals surface area contributed by atoms with Crippen LogP contribution in [-0.2, 0) is 6.42 Å². The van der Waals surface area contributed by atoms with Crippen molar-refractivity contribution in [3.05, 3.63) is 23.8 Å². The predicted molar refractivity (Wildman–Crippen MR) is 76.6 cm³/mol. The minimum absolute atomic E-state index is 0.621. The zero-order valence-corrected chi connectivity index (χ0v) is 12.2. The summed E-state index contributed by atoms with van der Waals surface area (Å²) in [6.45, 7) is 10.2. The fourth-order valence-electron chi connectivity index (χ4n) is 1.82. The summed E-state index contributed by atoms with van der Waals surface area (Å²) in [6.07, 6.45) is 3.10. The van der Waals surface area contributed by atoms with Crippen molar-refractivity contribution < 1.29 is 9.47 Å². The van der Waals surface area contributed by atoms with Gasteiger partial charge in [0, 0.05) is 0 Å². The van der Waals surface area contributed by atoms with Gasteiger partial charge < -0.3 is 9.47 Å². The third kappa shape index (κ3) is 4.99. The smallest absolute Gasteiger partial charge is 0.122 e. The van der Waals surface area contributed by atoms with Crippen LogP contribution >= 0.6 is 0 Å². The second-order valence-electron chi connectivity index (χ2n) is 5.06. The first kappa shape index (κ1) is 14.9. The van der Waals surface area contributed by atoms with E-state index in [9.17, 15) is 0 Å². The van der Waals surface area contributed by atoms with E-state index in [2.05, 4.69) is 33.8 Å². The average Bonchev–Trinajstić information content (AvgIpc) is 2.34. The third-order valence-electron chi connectivity index (χ3n) is 2.59. The summed E-state index contributed by atoms with van der Waals surface area (Å²) in [5.41, 5.74) is 1.26. The molecule has 0 aliphatic heterocycles. The van der Waals surface area contributed by atoms with Crippen molar-refractivity contribution in [3.8, 4) is 11.5 Å². The molecule has 18 heavy (non-hydrogen) atoms. The first-order chi connectivity index (χ1) is 8.67. The molecule has 1 aromatic carbocycles. The van der Waals surface area contributed by atoms with E-state index in [1.165, 1.54) is 5.56 Å². The summed E-state index contributed by atoms with van der Waals surface area (Å²) < 4.78 is 11.5. The molecular weight excluding hydrogens is 224 g/mol. The van der Waals surface area contributed by atoms with Gasteiger partial charge in [-0.3, -0.25) is 0 Å². The van der Waals surface area contributed by atoms with Gasteiger partial charge in [0.2, 0.25) is 0 Å². The number of benzene rings is 1. The molecule has 0 aliphatic rings. The molecule has 0 aromatic heterocycles. The summed E-state index contributed by atoms with van der Waals surface area (Å²) in [4.78, 5) is 0. The lowest BCUT2D eigenvalue weighted by Crippen LogP contribution is -2.03. The molecule has 0 heterocycles. The molecule has 0 unspecified atom stereocenters. The highest BCUT2D eigenvalue weighted by Gasteiger charge is 2.08. The number of ether oxygens (including phenoxy) is 2. The van der Waals surface area contributed by atoms with Gasteiger partial charge in [-0.05, 0) is 48.9 Å². The van der Waals surface area contributed by atoms with Crippen LogP contribution in [0.2, 0.25) is 0 Å². The van der Waals surface area contributed by atoms with Crippen LogP contribution in [0.25, 0.3) is 0 Å². The number of hydrogen-bond donors (Lipinski definition) is 0. The Labute approximate surface area is 111 Å². The van der Waals surface area contributed by atoms with Crippen molar-refractivity contribution in [1.29, 1.82) is 0 Å². The van der Waals surface area contributed by atoms with Crippen molar-refractivity contribution in [2.75, 3.05) is 13.2 Å². The lowest BCUT2D eigenvalue weighted by Gasteiger charge is -2.14. The van der Waals surface area contributed by atoms with Crippen molar-refractivity contribution in [3.63, 3.8) is 0 Å². The Morgan fingerprint density at radius 3 is 2.28 bits per heavy atom. The van der Waals surface area contributed by atoms with Crippen molar-refractivity contribution in [1.82, 2.24) is 0 Å². The average molecular weight is 250 g/mol. The highest BCUT2D eigenvalue weighted by atomic mass is 16.5. The fourth-order valence-corrected chi connectivity index (χ4v) is 1.82. The molecule has 0 aliphatic carbocycles. The molecule has 0 radical (unpaired) electrons. The highest BCUT2D eigenvalue weighted by Crippen LogP contribution is 2.27. The van der Waals surface area contributed by atoms with E-state index in [1.807, 2.05) is 12.1 Å². The van der Waals surface area contributed by atoms with Gasteiger partial charge in [0.1, 0.15) is 11.5 Å². The first-order valence-electron chi connectivity index (χ1n) is 7.05. The van der Waals surface area contributed by atoms with Gasteiger partial charge >= 0.3 is 0 Å². The maximum Gasteiger partial charge on any atom is 0.122 e. The Morgan fingerprint density at radius 2 is 1.67 bits per heavy atom. The van der Waals surface area contributed by atoms with Crippen LogP contribution in [0.3, 0.4) is 0 Å². The minimum Gasteiger partial charge on any atom is -0.494 e. The molecule has 0 amide bonds. The van der Waals surface area contributed by atoms with Gasteiger partial charge in [-0.25, -0.2) is 0 Å². The third-order valence-corrected chi connectivity index (χ3v) is 2.59. The lowest BCUT2D eigenvalue weighted by molar-refractivity contribution is 0.305. The molecule has 0 atom stereocenters. The first-order valence-corrected chi connectivity index (χ1v) is 7.05. The van der Waals surface area contributed by atoms with Crippen molar-refractivity contribution in [2.24, 2.45) is 5.92 Å². The molecule has 0 saturated carbocycles. The fraction of sp³-hybridized carbons (Fsp3) is 0.625. The zero-order valence-electron chi connectivity index (χ0n) is 12.2. The minimum atomic E-state index is 0.621. The summed E-state index contributed by atoms with van der Waals surface area (Å²) in [5, 5.41) is 0. The van der Waals surface area contributed by atoms with Gasteiger partial charge in [-0.1, -0.05) is 27.7 Å². The Morgan fingerprint density at radius 1 is 1.00 bits per heavy atom. The second kappa shape index (κ2) is 8.02. The molecule has 2 nitrogen and oxygen atoms in total. The van der Waals surface area contributed by atoms with Crippen molar-refractivity contribution in [2.45, 2.75) is 47.0 Å². The van der Waals surface area contributed by atoms with Crippen LogP contribution in [0.15, 0.2) is 18.2 Å². The lowest BCUT2D eigenvalue weighted by atomic mass is 10.0. The van der Waals surface area contributed by atoms with Gasteiger partial charge in [-0.2, -0.15) is 0 Å². The molecular formula is C16H26O2. The highest BCUT2D eigenvalue weighted by molar-refractivity contribution is 5.40. The van der Waals surface area contributed by atoms with E-state index < -0.39 is 0 Å². The van der Waals surface area contributed by atoms with Crippen LogP contribution in [0.1, 0.15) is 46.1 Å². The molecule has 0 fully saturated rings. The number of rotatable bonds is 8. The molecule has 1 rings (SSSR count). The van der Waals surface area contributed by atoms with Crippen LogP contribution < -0.4 is 9.47 Å². The second-order valence-corrected chi connectivity index (χ2v) is 5.06. The Hall–Kier alpha value is -1.18. The van der Waals surface area contributed by atoms with Crippen LogP contribution in [0.5, 0.6) is 11.5 Å². The summed E-state index contributed by atoms with van der Waals surface area (Å²) in [5.74, 6) is 2.58. The van der Waals surface area contributed by atoms with E-state index in [0.29, 0.717) is 5.92 Å². The topological polar surface area (TPSA) is 18.5 Å². The predicted octanol–water partition coefficient (Wildman–Crippen LogP) is 4.46. The molecule has 0 bridgehead atoms. The normalized spacial score (nSPS) is 10.7. The van der Waals surface area contributed by atoms with Gasteiger partial charge in [0.15, 0.2) is 0 Å². The summed E-state index contributed by atoms with van der Waals surface area (Å²) >= 11 is 0. The van der Waals surface area contributed by atoms with Crippen LogP contribution in [0, 0.1) is 5.92 Å². The van der Waals surface area contributed by atoms with E-state index in [-0.39, 0.29) is 0 Å². The van der Waals surface area contributed by atoms with Gasteiger partial charge in [-0.15, -0.1) is 0 Å². The summed E-state index contributed by atoms with van der Waals surface area (Å²) in [6, 6.07) is 6.17. The van der Waals surface area contributed by atoms with E-state index in [4.69, 9.17) is 9.47 Å². The molecule has 102 valence electrons. The standard InChI is InChI=1S/C16H26O2/c1-5-9-17-15-7-8-16(18-10-6-2)14(12-15)11-13(3)4/h7-8,12-13H,5-6,9-11H2,1-4H3. The van der Waals surface area contributed by atoms with Gasteiger partial charge in [0.05, 0.1) is 13.2 Å². The Balaban J connectivity index is 2.81. The van der Waals surface area contributed by atoms with E-state index >= 15 is 0 Å². The van der Waals surface area contributed by atoms with E-state index in [1.54, 1.807) is 0 Å². The van der Waals surface area contributed by atoms with Gasteiger partial charge in [0.25, 0.3) is 0 Å². The SMILES string of the molecule is CCCOc1ccc(OCCC)c(CC(C)C)c1. The molecule has 0 spiro atoms. The van der Waals surface area contributed by atoms with Crippen molar-refractivity contribution >= 4 is 0 Å². The quantitative estimate of drug-likeness (QED) is 0.678. The molecule has 2 heteroatoms. The maximum absolute atomic E-state index is 5.79. The monoisotopic (exact) mass is 250 g/mol.